The van der Waals surface area contributed by atoms with Crippen LogP contribution in [0.5, 0.6) is 11.5 Å². The molecule has 0 radical (unpaired) electrons. The molecule has 7 nitrogen and oxygen atoms in total. The largest absolute Gasteiger partial charge is 0.493 e. The summed E-state index contributed by atoms with van der Waals surface area (Å²) < 4.78 is 21.9. The predicted octanol–water partition coefficient (Wildman–Crippen LogP) is 5.46. The average molecular weight is 470 g/mol. The Bertz CT molecular complexity index is 1220. The molecule has 1 aliphatic carbocycles. The number of fused-ring (bicyclic) bond motifs is 1. The number of aromatic nitrogens is 1. The third kappa shape index (κ3) is 4.46. The summed E-state index contributed by atoms with van der Waals surface area (Å²) >= 11 is 6.16. The number of benzene rings is 2. The van der Waals surface area contributed by atoms with Crippen molar-refractivity contribution in [1.29, 1.82) is 0 Å². The van der Waals surface area contributed by atoms with Crippen molar-refractivity contribution < 1.29 is 28.5 Å². The van der Waals surface area contributed by atoms with Gasteiger partial charge >= 0.3 is 11.9 Å². The highest BCUT2D eigenvalue weighted by molar-refractivity contribution is 6.29. The fourth-order valence-electron chi connectivity index (χ4n) is 4.29. The van der Waals surface area contributed by atoms with Crippen molar-refractivity contribution in [3.63, 3.8) is 0 Å². The zero-order valence-corrected chi connectivity index (χ0v) is 19.4. The fraction of sp³-hybridized carbons (Fsp3) is 0.320. The number of esters is 2. The number of ether oxygens (including phenoxy) is 4. The van der Waals surface area contributed by atoms with Gasteiger partial charge in [0, 0.05) is 11.8 Å². The lowest BCUT2D eigenvalue weighted by molar-refractivity contribution is 0.0556. The predicted molar refractivity (Wildman–Crippen MR) is 124 cm³/mol. The first-order valence-corrected chi connectivity index (χ1v) is 11.0. The van der Waals surface area contributed by atoms with Gasteiger partial charge in [0.05, 0.1) is 38.6 Å². The molecule has 1 saturated carbocycles. The van der Waals surface area contributed by atoms with Crippen LogP contribution in [0.1, 0.15) is 46.4 Å². The van der Waals surface area contributed by atoms with Gasteiger partial charge in [0.15, 0.2) is 11.5 Å². The van der Waals surface area contributed by atoms with E-state index in [2.05, 4.69) is 4.98 Å². The van der Waals surface area contributed by atoms with Crippen molar-refractivity contribution in [2.24, 2.45) is 0 Å². The van der Waals surface area contributed by atoms with E-state index in [9.17, 15) is 9.59 Å². The van der Waals surface area contributed by atoms with Crippen molar-refractivity contribution in [3.8, 4) is 22.6 Å². The molecule has 1 fully saturated rings. The van der Waals surface area contributed by atoms with E-state index in [1.54, 1.807) is 31.4 Å². The highest BCUT2D eigenvalue weighted by Crippen LogP contribution is 2.42. The summed E-state index contributed by atoms with van der Waals surface area (Å²) in [6.07, 6.45) is 5.87. The molecule has 0 saturated heterocycles. The standard InChI is InChI=1S/C25H24ClNO6/c1-30-19-13-17-15(11-20(19)33-16-6-4-5-7-16)10-18(24(28)31-2)23(25(29)32-3)22(17)14-8-9-27-21(26)12-14/h8-13,16H,4-7H2,1-3H3. The molecule has 1 aromatic heterocycles. The normalized spacial score (nSPS) is 13.7. The van der Waals surface area contributed by atoms with E-state index >= 15 is 0 Å². The minimum atomic E-state index is -0.675. The van der Waals surface area contributed by atoms with Gasteiger partial charge in [-0.25, -0.2) is 14.6 Å². The van der Waals surface area contributed by atoms with Crippen molar-refractivity contribution in [2.45, 2.75) is 31.8 Å². The molecule has 0 aliphatic heterocycles. The van der Waals surface area contributed by atoms with Crippen molar-refractivity contribution in [3.05, 3.63) is 52.8 Å². The summed E-state index contributed by atoms with van der Waals surface area (Å²) in [7, 11) is 4.09. The molecule has 8 heteroatoms. The lowest BCUT2D eigenvalue weighted by atomic mass is 9.89. The average Bonchev–Trinajstić information content (AvgIpc) is 3.34. The van der Waals surface area contributed by atoms with Gasteiger partial charge in [0.25, 0.3) is 0 Å². The number of methoxy groups -OCH3 is 3. The number of nitrogens with zero attached hydrogens (tertiary/aromatic N) is 1. The number of rotatable bonds is 6. The van der Waals surface area contributed by atoms with Crippen LogP contribution in [0.25, 0.3) is 21.9 Å². The van der Waals surface area contributed by atoms with Crippen molar-refractivity contribution in [1.82, 2.24) is 4.98 Å². The Morgan fingerprint density at radius 3 is 2.33 bits per heavy atom. The van der Waals surface area contributed by atoms with Crippen LogP contribution in [-0.4, -0.2) is 44.4 Å². The van der Waals surface area contributed by atoms with Gasteiger partial charge in [-0.15, -0.1) is 0 Å². The van der Waals surface area contributed by atoms with E-state index < -0.39 is 11.9 Å². The number of pyridine rings is 1. The van der Waals surface area contributed by atoms with Gasteiger partial charge in [-0.1, -0.05) is 11.6 Å². The summed E-state index contributed by atoms with van der Waals surface area (Å²) in [5.41, 5.74) is 1.22. The second-order valence-electron chi connectivity index (χ2n) is 7.77. The van der Waals surface area contributed by atoms with Crippen LogP contribution in [0, 0.1) is 0 Å². The number of halogens is 1. The van der Waals surface area contributed by atoms with Gasteiger partial charge < -0.3 is 18.9 Å². The Morgan fingerprint density at radius 2 is 1.70 bits per heavy atom. The second kappa shape index (κ2) is 9.67. The lowest BCUT2D eigenvalue weighted by Crippen LogP contribution is -2.14. The first kappa shape index (κ1) is 22.9. The SMILES string of the molecule is COC(=O)c1cc2cc(OC3CCCC3)c(OC)cc2c(-c2ccnc(Cl)c2)c1C(=O)OC. The van der Waals surface area contributed by atoms with Crippen molar-refractivity contribution >= 4 is 34.3 Å². The van der Waals surface area contributed by atoms with Gasteiger partial charge in [-0.2, -0.15) is 0 Å². The molecule has 2 aromatic carbocycles. The molecular weight excluding hydrogens is 446 g/mol. The maximum atomic E-state index is 12.9. The second-order valence-corrected chi connectivity index (χ2v) is 8.16. The molecule has 0 spiro atoms. The summed E-state index contributed by atoms with van der Waals surface area (Å²) in [5.74, 6) is -0.229. The number of hydrogen-bond acceptors (Lipinski definition) is 7. The maximum absolute atomic E-state index is 12.9. The maximum Gasteiger partial charge on any atom is 0.339 e. The molecule has 0 amide bonds. The summed E-state index contributed by atoms with van der Waals surface area (Å²) in [6.45, 7) is 0. The lowest BCUT2D eigenvalue weighted by Gasteiger charge is -2.20. The first-order chi connectivity index (χ1) is 16.0. The summed E-state index contributed by atoms with van der Waals surface area (Å²) in [4.78, 5) is 29.6. The van der Waals surface area contributed by atoms with E-state index in [-0.39, 0.29) is 22.4 Å². The van der Waals surface area contributed by atoms with Gasteiger partial charge in [0.1, 0.15) is 5.15 Å². The van der Waals surface area contributed by atoms with Crippen molar-refractivity contribution in [2.75, 3.05) is 21.3 Å². The Kier molecular flexibility index (Phi) is 6.70. The van der Waals surface area contributed by atoms with Crippen LogP contribution in [-0.2, 0) is 9.47 Å². The molecule has 1 aliphatic rings. The molecule has 0 bridgehead atoms. The van der Waals surface area contributed by atoms with Crippen LogP contribution in [0.2, 0.25) is 5.15 Å². The highest BCUT2D eigenvalue weighted by atomic mass is 35.5. The van der Waals surface area contributed by atoms with Crippen LogP contribution in [0.3, 0.4) is 0 Å². The smallest absolute Gasteiger partial charge is 0.339 e. The third-order valence-electron chi connectivity index (χ3n) is 5.83. The number of carbonyl (C=O) groups excluding carboxylic acids is 2. The molecule has 172 valence electrons. The number of hydrogen-bond donors (Lipinski definition) is 0. The topological polar surface area (TPSA) is 84.0 Å². The number of carbonyl (C=O) groups is 2. The van der Waals surface area contributed by atoms with Crippen LogP contribution >= 0.6 is 11.6 Å². The zero-order chi connectivity index (χ0) is 23.5. The van der Waals surface area contributed by atoms with Gasteiger partial charge in [-0.3, -0.25) is 0 Å². The molecule has 0 N–H and O–H groups in total. The zero-order valence-electron chi connectivity index (χ0n) is 18.6. The van der Waals surface area contributed by atoms with Crippen LogP contribution in [0.4, 0.5) is 0 Å². The van der Waals surface area contributed by atoms with E-state index in [0.717, 1.165) is 25.7 Å². The monoisotopic (exact) mass is 469 g/mol. The van der Waals surface area contributed by atoms with Gasteiger partial charge in [-0.05, 0) is 72.4 Å². The quantitative estimate of drug-likeness (QED) is 0.350. The first-order valence-electron chi connectivity index (χ1n) is 10.6. The van der Waals surface area contributed by atoms with E-state index in [1.807, 2.05) is 6.07 Å². The Morgan fingerprint density at radius 1 is 0.970 bits per heavy atom. The minimum absolute atomic E-state index is 0.0747. The Hall–Kier alpha value is -3.32. The minimum Gasteiger partial charge on any atom is -0.493 e. The molecule has 3 aromatic rings. The van der Waals surface area contributed by atoms with E-state index in [0.29, 0.717) is 33.4 Å². The Labute approximate surface area is 196 Å². The van der Waals surface area contributed by atoms with Crippen LogP contribution in [0.15, 0.2) is 36.5 Å². The summed E-state index contributed by atoms with van der Waals surface area (Å²) in [6, 6.07) is 8.58. The molecule has 4 rings (SSSR count). The fourth-order valence-corrected chi connectivity index (χ4v) is 4.46. The van der Waals surface area contributed by atoms with Gasteiger partial charge in [0.2, 0.25) is 0 Å². The molecule has 1 heterocycles. The third-order valence-corrected chi connectivity index (χ3v) is 6.04. The molecular formula is C25H24ClNO6. The molecule has 33 heavy (non-hydrogen) atoms. The molecule has 0 atom stereocenters. The van der Waals surface area contributed by atoms with Crippen LogP contribution < -0.4 is 9.47 Å². The molecule has 0 unspecified atom stereocenters. The Balaban J connectivity index is 2.06. The van der Waals surface area contributed by atoms with E-state index in [4.69, 9.17) is 30.5 Å². The summed E-state index contributed by atoms with van der Waals surface area (Å²) in [5, 5.41) is 1.59. The van der Waals surface area contributed by atoms with E-state index in [1.165, 1.54) is 20.4 Å². The highest BCUT2D eigenvalue weighted by Gasteiger charge is 2.27.